The smallest absolute Gasteiger partial charge is 0.120 e. The van der Waals surface area contributed by atoms with Crippen molar-refractivity contribution in [2.75, 3.05) is 13.1 Å². The first kappa shape index (κ1) is 17.8. The first-order valence-electron chi connectivity index (χ1n) is 10.2. The number of hydrogen-bond acceptors (Lipinski definition) is 3. The number of benzene rings is 1. The number of nitrogens with zero attached hydrogens (tertiary/aromatic N) is 2. The summed E-state index contributed by atoms with van der Waals surface area (Å²) in [5, 5.41) is 2.44. The Bertz CT molecular complexity index is 752. The van der Waals surface area contributed by atoms with Gasteiger partial charge in [0, 0.05) is 18.1 Å². The van der Waals surface area contributed by atoms with Gasteiger partial charge in [-0.3, -0.25) is 9.88 Å². The molecule has 26 heavy (non-hydrogen) atoms. The van der Waals surface area contributed by atoms with E-state index < -0.39 is 0 Å². The van der Waals surface area contributed by atoms with E-state index in [2.05, 4.69) is 54.9 Å². The third kappa shape index (κ3) is 4.03. The molecule has 3 heteroatoms. The molecule has 4 rings (SSSR count). The van der Waals surface area contributed by atoms with Crippen molar-refractivity contribution in [2.24, 2.45) is 11.3 Å². The summed E-state index contributed by atoms with van der Waals surface area (Å²) in [4.78, 5) is 7.10. The Morgan fingerprint density at radius 3 is 2.46 bits per heavy atom. The molecule has 0 N–H and O–H groups in total. The highest BCUT2D eigenvalue weighted by Gasteiger charge is 2.30. The fourth-order valence-corrected chi connectivity index (χ4v) is 4.33. The van der Waals surface area contributed by atoms with Crippen LogP contribution in [0.4, 0.5) is 0 Å². The van der Waals surface area contributed by atoms with Gasteiger partial charge in [0.15, 0.2) is 0 Å². The lowest BCUT2D eigenvalue weighted by atomic mass is 9.72. The molecule has 2 fully saturated rings. The van der Waals surface area contributed by atoms with Gasteiger partial charge >= 0.3 is 0 Å². The summed E-state index contributed by atoms with van der Waals surface area (Å²) >= 11 is 0. The first-order valence-corrected chi connectivity index (χ1v) is 10.2. The third-order valence-corrected chi connectivity index (χ3v) is 6.29. The number of ether oxygens (including phenoxy) is 1. The normalized spacial score (nSPS) is 24.4. The summed E-state index contributed by atoms with van der Waals surface area (Å²) in [6.45, 7) is 10.5. The molecule has 0 unspecified atom stereocenters. The Labute approximate surface area is 157 Å². The maximum absolute atomic E-state index is 6.31. The minimum atomic E-state index is 0.365. The van der Waals surface area contributed by atoms with E-state index in [0.29, 0.717) is 11.5 Å². The van der Waals surface area contributed by atoms with Gasteiger partial charge in [-0.25, -0.2) is 0 Å². The molecule has 1 aliphatic heterocycles. The van der Waals surface area contributed by atoms with E-state index >= 15 is 0 Å². The number of pyridine rings is 1. The SMILES string of the molecule is CC(C)(C)C1CCC(Oc2ccc3cc(CN4CCC4)ncc3c2)CC1. The van der Waals surface area contributed by atoms with Crippen LogP contribution in [0.1, 0.15) is 58.6 Å². The van der Waals surface area contributed by atoms with E-state index in [1.165, 1.54) is 61.7 Å². The molecule has 2 aromatic rings. The second-order valence-electron chi connectivity index (χ2n) is 9.27. The molecule has 1 saturated carbocycles. The number of aromatic nitrogens is 1. The quantitative estimate of drug-likeness (QED) is 0.734. The Balaban J connectivity index is 1.39. The van der Waals surface area contributed by atoms with Crippen molar-refractivity contribution in [3.8, 4) is 5.75 Å². The van der Waals surface area contributed by atoms with Crippen molar-refractivity contribution in [2.45, 2.75) is 65.5 Å². The standard InChI is InChI=1S/C23H32N2O/c1-23(2,3)19-6-9-21(10-7-19)26-22-8-5-17-13-20(16-25-11-4-12-25)24-15-18(17)14-22/h5,8,13-15,19,21H,4,6-7,9-12,16H2,1-3H3. The van der Waals surface area contributed by atoms with Crippen LogP contribution in [0.25, 0.3) is 10.8 Å². The molecule has 1 aromatic carbocycles. The topological polar surface area (TPSA) is 25.4 Å². The molecule has 2 heterocycles. The summed E-state index contributed by atoms with van der Waals surface area (Å²) < 4.78 is 6.31. The monoisotopic (exact) mass is 352 g/mol. The van der Waals surface area contributed by atoms with Crippen molar-refractivity contribution in [1.82, 2.24) is 9.88 Å². The highest BCUT2D eigenvalue weighted by Crippen LogP contribution is 2.39. The average molecular weight is 353 g/mol. The van der Waals surface area contributed by atoms with Crippen LogP contribution in [0.15, 0.2) is 30.5 Å². The molecular formula is C23H32N2O. The van der Waals surface area contributed by atoms with Crippen LogP contribution in [0.2, 0.25) is 0 Å². The third-order valence-electron chi connectivity index (χ3n) is 6.29. The highest BCUT2D eigenvalue weighted by molar-refractivity contribution is 5.83. The predicted molar refractivity (Wildman–Crippen MR) is 107 cm³/mol. The molecule has 2 aliphatic rings. The van der Waals surface area contributed by atoms with E-state index in [1.54, 1.807) is 0 Å². The van der Waals surface area contributed by atoms with Gasteiger partial charge in [0.2, 0.25) is 0 Å². The molecule has 0 atom stereocenters. The predicted octanol–water partition coefficient (Wildman–Crippen LogP) is 5.42. The summed E-state index contributed by atoms with van der Waals surface area (Å²) in [6.07, 6.45) is 8.61. The van der Waals surface area contributed by atoms with Gasteiger partial charge in [0.1, 0.15) is 5.75 Å². The van der Waals surface area contributed by atoms with Gasteiger partial charge in [-0.2, -0.15) is 0 Å². The molecule has 1 aromatic heterocycles. The number of rotatable bonds is 4. The van der Waals surface area contributed by atoms with Crippen LogP contribution in [0, 0.1) is 11.3 Å². The molecule has 3 nitrogen and oxygen atoms in total. The van der Waals surface area contributed by atoms with Crippen LogP contribution in [-0.2, 0) is 6.54 Å². The zero-order valence-electron chi connectivity index (χ0n) is 16.5. The van der Waals surface area contributed by atoms with E-state index in [-0.39, 0.29) is 0 Å². The lowest BCUT2D eigenvalue weighted by molar-refractivity contribution is 0.0883. The Hall–Kier alpha value is -1.61. The molecule has 1 aliphatic carbocycles. The second kappa shape index (κ2) is 7.19. The first-order chi connectivity index (χ1) is 12.5. The molecule has 1 saturated heterocycles. The van der Waals surface area contributed by atoms with Gasteiger partial charge in [-0.05, 0) is 80.1 Å². The summed E-state index contributed by atoms with van der Waals surface area (Å²) in [5.41, 5.74) is 1.60. The molecule has 0 bridgehead atoms. The van der Waals surface area contributed by atoms with Crippen LogP contribution in [0.3, 0.4) is 0 Å². The minimum absolute atomic E-state index is 0.365. The lowest BCUT2D eigenvalue weighted by Gasteiger charge is -2.37. The Kier molecular flexibility index (Phi) is 4.92. The zero-order chi connectivity index (χ0) is 18.1. The summed E-state index contributed by atoms with van der Waals surface area (Å²) in [6, 6.07) is 8.70. The van der Waals surface area contributed by atoms with Crippen molar-refractivity contribution >= 4 is 10.8 Å². The van der Waals surface area contributed by atoms with Gasteiger partial charge < -0.3 is 4.74 Å². The van der Waals surface area contributed by atoms with E-state index in [4.69, 9.17) is 4.74 Å². The van der Waals surface area contributed by atoms with Crippen LogP contribution in [-0.4, -0.2) is 29.1 Å². The largest absolute Gasteiger partial charge is 0.490 e. The van der Waals surface area contributed by atoms with Crippen LogP contribution < -0.4 is 4.74 Å². The fraction of sp³-hybridized carbons (Fsp3) is 0.609. The number of hydrogen-bond donors (Lipinski definition) is 0. The van der Waals surface area contributed by atoms with Gasteiger partial charge in [-0.15, -0.1) is 0 Å². The maximum atomic E-state index is 6.31. The number of likely N-dealkylation sites (tertiary alicyclic amines) is 1. The molecule has 0 spiro atoms. The summed E-state index contributed by atoms with van der Waals surface area (Å²) in [7, 11) is 0. The molecule has 0 amide bonds. The molecule has 140 valence electrons. The fourth-order valence-electron chi connectivity index (χ4n) is 4.33. The van der Waals surface area contributed by atoms with E-state index in [9.17, 15) is 0 Å². The lowest BCUT2D eigenvalue weighted by Crippen LogP contribution is -2.36. The second-order valence-corrected chi connectivity index (χ2v) is 9.27. The van der Waals surface area contributed by atoms with Gasteiger partial charge in [0.05, 0.1) is 11.8 Å². The highest BCUT2D eigenvalue weighted by atomic mass is 16.5. The number of fused-ring (bicyclic) bond motifs is 1. The zero-order valence-corrected chi connectivity index (χ0v) is 16.5. The average Bonchev–Trinajstić information content (AvgIpc) is 2.58. The van der Waals surface area contributed by atoms with Gasteiger partial charge in [-0.1, -0.05) is 26.8 Å². The Morgan fingerprint density at radius 1 is 1.04 bits per heavy atom. The molecule has 0 radical (unpaired) electrons. The van der Waals surface area contributed by atoms with Crippen molar-refractivity contribution in [3.63, 3.8) is 0 Å². The van der Waals surface area contributed by atoms with Crippen LogP contribution in [0.5, 0.6) is 5.75 Å². The van der Waals surface area contributed by atoms with Crippen molar-refractivity contribution in [1.29, 1.82) is 0 Å². The Morgan fingerprint density at radius 2 is 1.81 bits per heavy atom. The van der Waals surface area contributed by atoms with Gasteiger partial charge in [0.25, 0.3) is 0 Å². The molecular weight excluding hydrogens is 320 g/mol. The van der Waals surface area contributed by atoms with E-state index in [0.717, 1.165) is 18.2 Å². The van der Waals surface area contributed by atoms with Crippen molar-refractivity contribution < 1.29 is 4.74 Å². The van der Waals surface area contributed by atoms with Crippen molar-refractivity contribution in [3.05, 3.63) is 36.2 Å². The minimum Gasteiger partial charge on any atom is -0.490 e. The maximum Gasteiger partial charge on any atom is 0.120 e. The van der Waals surface area contributed by atoms with Crippen LogP contribution >= 0.6 is 0 Å². The van der Waals surface area contributed by atoms with E-state index in [1.807, 2.05) is 6.20 Å². The summed E-state index contributed by atoms with van der Waals surface area (Å²) in [5.74, 6) is 1.82.